The predicted octanol–water partition coefficient (Wildman–Crippen LogP) is 1.56. The van der Waals surface area contributed by atoms with E-state index in [4.69, 9.17) is 19.2 Å². The lowest BCUT2D eigenvalue weighted by Gasteiger charge is -2.60. The number of carbonyl (C=O) groups excluding carboxylic acids is 1. The molecule has 7 atom stereocenters. The molecule has 5 rings (SSSR count). The third-order valence-corrected chi connectivity index (χ3v) is 8.76. The van der Waals surface area contributed by atoms with Crippen molar-refractivity contribution in [2.75, 3.05) is 6.26 Å². The molecule has 0 N–H and O–H groups in total. The number of hydrogen-bond acceptors (Lipinski definition) is 7. The lowest BCUT2D eigenvalue weighted by Crippen LogP contribution is -2.75. The van der Waals surface area contributed by atoms with Gasteiger partial charge < -0.3 is 9.47 Å². The molecule has 1 saturated carbocycles. The molecule has 0 amide bonds. The third-order valence-electron chi connectivity index (χ3n) is 6.77. The zero-order chi connectivity index (χ0) is 17.5. The number of sulfone groups is 1. The van der Waals surface area contributed by atoms with Crippen molar-refractivity contribution in [2.24, 2.45) is 17.8 Å². The predicted molar refractivity (Wildman–Crippen MR) is 82.1 cm³/mol. The minimum atomic E-state index is -3.72. The van der Waals surface area contributed by atoms with Gasteiger partial charge in [0.2, 0.25) is 12.1 Å². The second kappa shape index (κ2) is 4.72. The third kappa shape index (κ3) is 1.83. The van der Waals surface area contributed by atoms with Gasteiger partial charge in [0.05, 0.1) is 0 Å². The maximum Gasteiger partial charge on any atom is 0.330 e. The van der Waals surface area contributed by atoms with Crippen LogP contribution < -0.4 is 0 Å². The lowest BCUT2D eigenvalue weighted by molar-refractivity contribution is -0.558. The van der Waals surface area contributed by atoms with Gasteiger partial charge in [-0.25, -0.2) is 18.2 Å². The highest BCUT2D eigenvalue weighted by molar-refractivity contribution is 7.92. The van der Waals surface area contributed by atoms with Crippen LogP contribution in [0.1, 0.15) is 46.5 Å². The van der Waals surface area contributed by atoms with E-state index in [0.717, 1.165) is 19.1 Å². The summed E-state index contributed by atoms with van der Waals surface area (Å²) in [5.74, 6) is -1.97. The zero-order valence-electron chi connectivity index (χ0n) is 14.4. The molecule has 0 radical (unpaired) electrons. The fraction of sp³-hybridized carbons (Fsp3) is 0.938. The minimum absolute atomic E-state index is 0.0137. The average molecular weight is 360 g/mol. The van der Waals surface area contributed by atoms with E-state index in [1.54, 1.807) is 6.92 Å². The van der Waals surface area contributed by atoms with Crippen molar-refractivity contribution < 1.29 is 32.5 Å². The van der Waals surface area contributed by atoms with Gasteiger partial charge in [-0.1, -0.05) is 6.92 Å². The summed E-state index contributed by atoms with van der Waals surface area (Å²) in [7, 11) is -3.72. The van der Waals surface area contributed by atoms with Crippen LogP contribution in [-0.2, 0) is 33.9 Å². The van der Waals surface area contributed by atoms with Crippen molar-refractivity contribution in [3.05, 3.63) is 0 Å². The Morgan fingerprint density at radius 3 is 2.50 bits per heavy atom. The van der Waals surface area contributed by atoms with Gasteiger partial charge in [-0.15, -0.1) is 0 Å². The van der Waals surface area contributed by atoms with Crippen molar-refractivity contribution in [1.82, 2.24) is 0 Å². The Hall–Kier alpha value is -0.700. The number of carbonyl (C=O) groups is 1. The van der Waals surface area contributed by atoms with Gasteiger partial charge in [-0.05, 0) is 39.0 Å². The van der Waals surface area contributed by atoms with E-state index in [2.05, 4.69) is 6.92 Å². The fourth-order valence-corrected chi connectivity index (χ4v) is 6.34. The highest BCUT2D eigenvalue weighted by Crippen LogP contribution is 2.61. The molecule has 2 bridgehead atoms. The molecule has 0 aromatic carbocycles. The molecule has 0 unspecified atom stereocenters. The molecular weight excluding hydrogens is 336 g/mol. The molecule has 7 nitrogen and oxygen atoms in total. The van der Waals surface area contributed by atoms with Gasteiger partial charge in [-0.2, -0.15) is 0 Å². The summed E-state index contributed by atoms with van der Waals surface area (Å²) in [4.78, 5) is 24.2. The van der Waals surface area contributed by atoms with Crippen LogP contribution in [-0.4, -0.2) is 43.1 Å². The molecule has 4 saturated heterocycles. The first-order chi connectivity index (χ1) is 11.0. The number of ether oxygens (including phenoxy) is 2. The number of esters is 1. The maximum absolute atomic E-state index is 12.7. The van der Waals surface area contributed by atoms with Gasteiger partial charge in [0.1, 0.15) is 0 Å². The number of fused-ring (bicyclic) bond motifs is 2. The smallest absolute Gasteiger partial charge is 0.330 e. The molecule has 0 aromatic rings. The summed E-state index contributed by atoms with van der Waals surface area (Å²) in [5, 5.41) is 0. The van der Waals surface area contributed by atoms with Gasteiger partial charge >= 0.3 is 5.97 Å². The van der Waals surface area contributed by atoms with E-state index >= 15 is 0 Å². The second-order valence-electron chi connectivity index (χ2n) is 8.14. The highest BCUT2D eigenvalue weighted by atomic mass is 32.2. The van der Waals surface area contributed by atoms with Crippen molar-refractivity contribution in [3.63, 3.8) is 0 Å². The van der Waals surface area contributed by atoms with Crippen LogP contribution in [0.2, 0.25) is 0 Å². The first-order valence-corrected chi connectivity index (χ1v) is 10.4. The van der Waals surface area contributed by atoms with Gasteiger partial charge in [0, 0.05) is 24.5 Å². The van der Waals surface area contributed by atoms with Crippen LogP contribution in [0.25, 0.3) is 0 Å². The van der Waals surface area contributed by atoms with E-state index in [0.29, 0.717) is 18.8 Å². The van der Waals surface area contributed by atoms with E-state index in [9.17, 15) is 13.2 Å². The second-order valence-corrected chi connectivity index (χ2v) is 10.5. The largest absolute Gasteiger partial charge is 0.431 e. The fourth-order valence-electron chi connectivity index (χ4n) is 5.17. The summed E-state index contributed by atoms with van der Waals surface area (Å²) in [6, 6.07) is 0. The molecule has 1 spiro atoms. The maximum atomic E-state index is 12.7. The summed E-state index contributed by atoms with van der Waals surface area (Å²) >= 11 is 0. The molecule has 136 valence electrons. The van der Waals surface area contributed by atoms with Crippen LogP contribution >= 0.6 is 0 Å². The number of rotatable bonds is 1. The first kappa shape index (κ1) is 16.8. The van der Waals surface area contributed by atoms with E-state index < -0.39 is 44.1 Å². The van der Waals surface area contributed by atoms with Crippen LogP contribution in [0.5, 0.6) is 0 Å². The Balaban J connectivity index is 1.92. The van der Waals surface area contributed by atoms with Crippen LogP contribution in [0.15, 0.2) is 0 Å². The SMILES string of the molecule is C[C@@H]1CC[C@@H]2[C@]34OO[C@@](C)(CC[C@@H]13)O[C@H]4OC(=O)[C@@]2(C)S(C)(=O)=O. The quantitative estimate of drug-likeness (QED) is 0.518. The molecule has 5 fully saturated rings. The van der Waals surface area contributed by atoms with Crippen LogP contribution in [0, 0.1) is 17.8 Å². The Kier molecular flexibility index (Phi) is 3.29. The highest BCUT2D eigenvalue weighted by Gasteiger charge is 2.75. The van der Waals surface area contributed by atoms with Crippen LogP contribution in [0.3, 0.4) is 0 Å². The molecule has 24 heavy (non-hydrogen) atoms. The standard InChI is InChI=1S/C16H24O7S/c1-9-5-6-11-15(3,24(4,18)19)12(17)20-13-16(11)10(9)7-8-14(2,21-13)22-23-16/h9-11,13H,5-8H2,1-4H3/t9-,10+,11+,13-,14+,15+,16-/m1/s1. The molecule has 1 aliphatic carbocycles. The first-order valence-electron chi connectivity index (χ1n) is 8.50. The monoisotopic (exact) mass is 360 g/mol. The van der Waals surface area contributed by atoms with E-state index in [1.165, 1.54) is 6.92 Å². The minimum Gasteiger partial charge on any atom is -0.431 e. The average Bonchev–Trinajstić information content (AvgIpc) is 2.70. The van der Waals surface area contributed by atoms with Crippen molar-refractivity contribution in [3.8, 4) is 0 Å². The van der Waals surface area contributed by atoms with Gasteiger partial charge in [0.15, 0.2) is 20.2 Å². The van der Waals surface area contributed by atoms with Gasteiger partial charge in [-0.3, -0.25) is 4.79 Å². The summed E-state index contributed by atoms with van der Waals surface area (Å²) < 4.78 is 35.0. The van der Waals surface area contributed by atoms with Crippen molar-refractivity contribution in [2.45, 2.75) is 68.9 Å². The summed E-state index contributed by atoms with van der Waals surface area (Å²) in [5.41, 5.74) is -1.07. The molecule has 4 heterocycles. The summed E-state index contributed by atoms with van der Waals surface area (Å²) in [6.07, 6.45) is 2.93. The zero-order valence-corrected chi connectivity index (χ0v) is 15.2. The van der Waals surface area contributed by atoms with Crippen molar-refractivity contribution >= 4 is 15.8 Å². The van der Waals surface area contributed by atoms with Crippen molar-refractivity contribution in [1.29, 1.82) is 0 Å². The normalized spacial score (nSPS) is 53.9. The molecule has 8 heteroatoms. The number of hydrogen-bond donors (Lipinski definition) is 0. The van der Waals surface area contributed by atoms with E-state index in [1.807, 2.05) is 0 Å². The van der Waals surface area contributed by atoms with Crippen LogP contribution in [0.4, 0.5) is 0 Å². The molecular formula is C16H24O7S. The Labute approximate surface area is 141 Å². The lowest BCUT2D eigenvalue weighted by atomic mass is 9.58. The van der Waals surface area contributed by atoms with Gasteiger partial charge in [0.25, 0.3) is 0 Å². The Bertz CT molecular complexity index is 691. The molecule has 0 aromatic heterocycles. The topological polar surface area (TPSA) is 88.1 Å². The Morgan fingerprint density at radius 1 is 1.12 bits per heavy atom. The Morgan fingerprint density at radius 2 is 1.83 bits per heavy atom. The molecule has 4 aliphatic heterocycles. The van der Waals surface area contributed by atoms with E-state index in [-0.39, 0.29) is 5.92 Å². The summed E-state index contributed by atoms with van der Waals surface area (Å²) in [6.45, 7) is 5.34. The molecule has 5 aliphatic rings.